The molecule has 0 aliphatic carbocycles. The van der Waals surface area contributed by atoms with Crippen LogP contribution in [0.5, 0.6) is 0 Å². The van der Waals surface area contributed by atoms with Crippen molar-refractivity contribution in [2.45, 2.75) is 24.6 Å². The number of rotatable bonds is 5. The van der Waals surface area contributed by atoms with E-state index < -0.39 is 57.6 Å². The van der Waals surface area contributed by atoms with Crippen LogP contribution in [-0.2, 0) is 10.0 Å². The Bertz CT molecular complexity index is 1280. The lowest BCUT2D eigenvalue weighted by molar-refractivity contribution is -0.249. The van der Waals surface area contributed by atoms with E-state index in [1.807, 2.05) is 0 Å². The van der Waals surface area contributed by atoms with Crippen molar-refractivity contribution in [2.24, 2.45) is 5.10 Å². The summed E-state index contributed by atoms with van der Waals surface area (Å²) in [4.78, 5) is 5.90. The van der Waals surface area contributed by atoms with Gasteiger partial charge >= 0.3 is 12.1 Å². The molecular formula is C21H20F7N5O2S. The number of sulfonamides is 1. The molecular weight excluding hydrogens is 519 g/mol. The van der Waals surface area contributed by atoms with Crippen molar-refractivity contribution in [1.82, 2.24) is 9.29 Å². The van der Waals surface area contributed by atoms with Crippen molar-refractivity contribution >= 4 is 27.1 Å². The third kappa shape index (κ3) is 4.98. The van der Waals surface area contributed by atoms with Gasteiger partial charge < -0.3 is 4.90 Å². The lowest BCUT2D eigenvalue weighted by Crippen LogP contribution is -2.48. The molecule has 1 aromatic carbocycles. The van der Waals surface area contributed by atoms with Gasteiger partial charge in [0.05, 0.1) is 17.6 Å². The highest BCUT2D eigenvalue weighted by Gasteiger charge is 2.63. The molecule has 1 unspecified atom stereocenters. The van der Waals surface area contributed by atoms with E-state index in [1.54, 1.807) is 11.0 Å². The standard InChI is InChI=1S/C21H20F7N5O2S/c1-36(34,35)32-8-6-31(7-9-32)14-4-5-29-16(11-14)18-12-19(20(24,25)21(26,27)28)30-33(18)17-3-2-13(22)10-15(17)23/h2-5,10-11,18H,6-9,12H2,1H3. The first kappa shape index (κ1) is 26.1. The number of halogens is 7. The molecule has 15 heteroatoms. The van der Waals surface area contributed by atoms with E-state index in [2.05, 4.69) is 10.1 Å². The van der Waals surface area contributed by atoms with Gasteiger partial charge in [-0.1, -0.05) is 0 Å². The van der Waals surface area contributed by atoms with E-state index in [9.17, 15) is 39.2 Å². The Morgan fingerprint density at radius 2 is 1.64 bits per heavy atom. The molecule has 3 heterocycles. The molecule has 1 atom stereocenters. The average Bonchev–Trinajstić information content (AvgIpc) is 3.24. The Kier molecular flexibility index (Phi) is 6.66. The van der Waals surface area contributed by atoms with Crippen LogP contribution in [0.1, 0.15) is 18.2 Å². The summed E-state index contributed by atoms with van der Waals surface area (Å²) in [5.41, 5.74) is -1.48. The molecule has 0 N–H and O–H groups in total. The van der Waals surface area contributed by atoms with Crippen molar-refractivity contribution < 1.29 is 39.2 Å². The minimum absolute atomic E-state index is 0.0264. The maximum Gasteiger partial charge on any atom is 0.459 e. The summed E-state index contributed by atoms with van der Waals surface area (Å²) in [7, 11) is -3.38. The molecule has 0 spiro atoms. The number of piperazine rings is 1. The molecule has 0 radical (unpaired) electrons. The number of aromatic nitrogens is 1. The second kappa shape index (κ2) is 9.18. The molecule has 2 aromatic rings. The van der Waals surface area contributed by atoms with E-state index >= 15 is 0 Å². The first-order valence-corrected chi connectivity index (χ1v) is 12.5. The molecule has 4 rings (SSSR count). The van der Waals surface area contributed by atoms with Gasteiger partial charge in [0, 0.05) is 50.6 Å². The maximum absolute atomic E-state index is 14.5. The number of hydrogen-bond acceptors (Lipinski definition) is 6. The van der Waals surface area contributed by atoms with Gasteiger partial charge in [-0.15, -0.1) is 0 Å². The highest BCUT2D eigenvalue weighted by atomic mass is 32.2. The molecule has 7 nitrogen and oxygen atoms in total. The van der Waals surface area contributed by atoms with Crippen LogP contribution in [-0.4, -0.2) is 68.0 Å². The van der Waals surface area contributed by atoms with Gasteiger partial charge in [0.15, 0.2) is 5.82 Å². The monoisotopic (exact) mass is 539 g/mol. The second-order valence-corrected chi connectivity index (χ2v) is 10.3. The number of hydrazone groups is 1. The highest BCUT2D eigenvalue weighted by molar-refractivity contribution is 7.88. The predicted octanol–water partition coefficient (Wildman–Crippen LogP) is 3.95. The van der Waals surface area contributed by atoms with Gasteiger partial charge in [0.1, 0.15) is 17.6 Å². The van der Waals surface area contributed by atoms with E-state index in [-0.39, 0.29) is 18.8 Å². The zero-order valence-electron chi connectivity index (χ0n) is 18.7. The molecule has 1 aromatic heterocycles. The summed E-state index contributed by atoms with van der Waals surface area (Å²) in [6.07, 6.45) is -4.44. The molecule has 0 amide bonds. The van der Waals surface area contributed by atoms with Crippen molar-refractivity contribution in [2.75, 3.05) is 42.3 Å². The predicted molar refractivity (Wildman–Crippen MR) is 117 cm³/mol. The molecule has 0 saturated carbocycles. The summed E-state index contributed by atoms with van der Waals surface area (Å²) < 4.78 is 120. The van der Waals surface area contributed by atoms with Crippen molar-refractivity contribution in [3.8, 4) is 0 Å². The Balaban J connectivity index is 1.68. The fourth-order valence-corrected chi connectivity index (χ4v) is 4.90. The Labute approximate surface area is 201 Å². The first-order valence-electron chi connectivity index (χ1n) is 10.6. The Hall–Kier alpha value is -2.94. The number of pyridine rings is 1. The molecule has 0 bridgehead atoms. The summed E-state index contributed by atoms with van der Waals surface area (Å²) >= 11 is 0. The van der Waals surface area contributed by atoms with Gasteiger partial charge in [0.25, 0.3) is 0 Å². The lowest BCUT2D eigenvalue weighted by Gasteiger charge is -2.35. The largest absolute Gasteiger partial charge is 0.459 e. The van der Waals surface area contributed by atoms with Crippen molar-refractivity contribution in [1.29, 1.82) is 0 Å². The highest BCUT2D eigenvalue weighted by Crippen LogP contribution is 2.45. The van der Waals surface area contributed by atoms with Crippen LogP contribution < -0.4 is 9.91 Å². The number of alkyl halides is 5. The van der Waals surface area contributed by atoms with Crippen LogP contribution in [0.15, 0.2) is 41.6 Å². The molecule has 2 aliphatic heterocycles. The molecule has 36 heavy (non-hydrogen) atoms. The van der Waals surface area contributed by atoms with Crippen LogP contribution >= 0.6 is 0 Å². The van der Waals surface area contributed by atoms with Crippen LogP contribution in [0.25, 0.3) is 0 Å². The smallest absolute Gasteiger partial charge is 0.369 e. The number of hydrogen-bond donors (Lipinski definition) is 0. The Morgan fingerprint density at radius 3 is 2.22 bits per heavy atom. The van der Waals surface area contributed by atoms with Crippen LogP contribution in [0.2, 0.25) is 0 Å². The van der Waals surface area contributed by atoms with Gasteiger partial charge in [-0.2, -0.15) is 31.4 Å². The normalized spacial score (nSPS) is 20.1. The van der Waals surface area contributed by atoms with Gasteiger partial charge in [-0.05, 0) is 24.3 Å². The van der Waals surface area contributed by atoms with E-state index in [4.69, 9.17) is 0 Å². The quantitative estimate of drug-likeness (QED) is 0.539. The minimum atomic E-state index is -5.93. The third-order valence-corrected chi connectivity index (χ3v) is 7.27. The SMILES string of the molecule is CS(=O)(=O)N1CCN(c2ccnc(C3CC(C(F)(F)C(F)(F)F)=NN3c3ccc(F)cc3F)c2)CC1. The van der Waals surface area contributed by atoms with E-state index in [1.165, 1.54) is 16.6 Å². The molecule has 1 saturated heterocycles. The summed E-state index contributed by atoms with van der Waals surface area (Å²) in [6.45, 7) is 0.979. The van der Waals surface area contributed by atoms with Crippen LogP contribution in [0, 0.1) is 11.6 Å². The molecule has 1 fully saturated rings. The average molecular weight is 539 g/mol. The Morgan fingerprint density at radius 1 is 0.972 bits per heavy atom. The molecule has 196 valence electrons. The van der Waals surface area contributed by atoms with E-state index in [0.29, 0.717) is 29.9 Å². The van der Waals surface area contributed by atoms with Gasteiger partial charge in [-0.3, -0.25) is 9.99 Å². The molecule has 2 aliphatic rings. The van der Waals surface area contributed by atoms with Crippen LogP contribution in [0.4, 0.5) is 42.1 Å². The van der Waals surface area contributed by atoms with Gasteiger partial charge in [0.2, 0.25) is 10.0 Å². The summed E-state index contributed by atoms with van der Waals surface area (Å²) in [5.74, 6) is -7.45. The third-order valence-electron chi connectivity index (χ3n) is 5.96. The fourth-order valence-electron chi connectivity index (χ4n) is 4.08. The zero-order valence-corrected chi connectivity index (χ0v) is 19.5. The number of benzene rings is 1. The summed E-state index contributed by atoms with van der Waals surface area (Å²) in [6, 6.07) is 3.86. The number of anilines is 2. The van der Waals surface area contributed by atoms with Crippen molar-refractivity contribution in [3.05, 3.63) is 53.9 Å². The number of nitrogens with zero attached hydrogens (tertiary/aromatic N) is 5. The fraction of sp³-hybridized carbons (Fsp3) is 0.429. The first-order chi connectivity index (χ1) is 16.7. The summed E-state index contributed by atoms with van der Waals surface area (Å²) in [5, 5.41) is 4.06. The van der Waals surface area contributed by atoms with E-state index in [0.717, 1.165) is 18.4 Å². The van der Waals surface area contributed by atoms with Gasteiger partial charge in [-0.25, -0.2) is 17.2 Å². The second-order valence-electron chi connectivity index (χ2n) is 8.37. The minimum Gasteiger partial charge on any atom is -0.369 e. The topological polar surface area (TPSA) is 69.1 Å². The zero-order chi connectivity index (χ0) is 26.5. The lowest BCUT2D eigenvalue weighted by atomic mass is 10.0. The van der Waals surface area contributed by atoms with Crippen molar-refractivity contribution in [3.63, 3.8) is 0 Å². The van der Waals surface area contributed by atoms with Crippen LogP contribution in [0.3, 0.4) is 0 Å². The maximum atomic E-state index is 14.5.